The Morgan fingerprint density at radius 2 is 2.00 bits per heavy atom. The van der Waals surface area contributed by atoms with E-state index in [1.54, 1.807) is 0 Å². The highest BCUT2D eigenvalue weighted by molar-refractivity contribution is 5.27. The van der Waals surface area contributed by atoms with Crippen molar-refractivity contribution in [2.75, 3.05) is 0 Å². The summed E-state index contributed by atoms with van der Waals surface area (Å²) in [5, 5.41) is 6.56. The summed E-state index contributed by atoms with van der Waals surface area (Å²) in [6.45, 7) is 12.3. The average Bonchev–Trinajstić information content (AvgIpc) is 2.38. The van der Waals surface area contributed by atoms with Crippen molar-refractivity contribution >= 4 is 0 Å². The van der Waals surface area contributed by atoms with Gasteiger partial charge in [-0.15, -0.1) is 0 Å². The summed E-state index contributed by atoms with van der Waals surface area (Å²) in [6, 6.07) is 0. The fourth-order valence-corrected chi connectivity index (χ4v) is 1.87. The first-order chi connectivity index (χ1) is 6.14. The van der Waals surface area contributed by atoms with E-state index >= 15 is 0 Å². The Bertz CT molecular complexity index is 220. The van der Waals surface area contributed by atoms with Gasteiger partial charge >= 0.3 is 0 Å². The van der Waals surface area contributed by atoms with E-state index in [1.807, 2.05) is 0 Å². The third kappa shape index (κ3) is 1.87. The molecule has 13 heavy (non-hydrogen) atoms. The van der Waals surface area contributed by atoms with Gasteiger partial charge in [-0.2, -0.15) is 0 Å². The summed E-state index contributed by atoms with van der Waals surface area (Å²) in [5.74, 6) is 0.892. The predicted octanol–water partition coefficient (Wildman–Crippen LogP) is 2.50. The second-order valence-electron chi connectivity index (χ2n) is 3.75. The minimum Gasteiger partial charge on any atom is -0.361 e. The van der Waals surface area contributed by atoms with Gasteiger partial charge < -0.3 is 10.6 Å². The van der Waals surface area contributed by atoms with E-state index in [1.165, 1.54) is 12.8 Å². The molecule has 0 aromatic carbocycles. The molecule has 1 unspecified atom stereocenters. The van der Waals surface area contributed by atoms with Gasteiger partial charge in [-0.1, -0.05) is 39.8 Å². The Labute approximate surface area is 81.1 Å². The molecule has 1 heterocycles. The molecule has 1 aliphatic heterocycles. The van der Waals surface area contributed by atoms with Crippen molar-refractivity contribution in [1.82, 2.24) is 10.6 Å². The Balaban J connectivity index is 2.68. The van der Waals surface area contributed by atoms with Crippen molar-refractivity contribution in [3.63, 3.8) is 0 Å². The van der Waals surface area contributed by atoms with Crippen molar-refractivity contribution in [3.8, 4) is 0 Å². The molecule has 2 N–H and O–H groups in total. The molecule has 0 saturated carbocycles. The van der Waals surface area contributed by atoms with Crippen molar-refractivity contribution < 1.29 is 0 Å². The van der Waals surface area contributed by atoms with Gasteiger partial charge in [0.1, 0.15) is 0 Å². The highest BCUT2D eigenvalue weighted by atomic mass is 15.2. The zero-order chi connectivity index (χ0) is 9.90. The number of nitrogens with one attached hydrogen (secondary N) is 2. The average molecular weight is 180 g/mol. The summed E-state index contributed by atoms with van der Waals surface area (Å²) in [7, 11) is 0. The monoisotopic (exact) mass is 180 g/mol. The molecule has 1 atom stereocenters. The Kier molecular flexibility index (Phi) is 3.02. The lowest BCUT2D eigenvalue weighted by molar-refractivity contribution is 0.391. The predicted molar refractivity (Wildman–Crippen MR) is 57.1 cm³/mol. The first-order valence-electron chi connectivity index (χ1n) is 5.08. The zero-order valence-electron chi connectivity index (χ0n) is 8.74. The highest BCUT2D eigenvalue weighted by Gasteiger charge is 2.36. The van der Waals surface area contributed by atoms with Gasteiger partial charge in [0, 0.05) is 5.70 Å². The zero-order valence-corrected chi connectivity index (χ0v) is 8.74. The maximum atomic E-state index is 4.05. The molecule has 0 radical (unpaired) electrons. The van der Waals surface area contributed by atoms with Crippen LogP contribution in [0.2, 0.25) is 0 Å². The summed E-state index contributed by atoms with van der Waals surface area (Å²) < 4.78 is 0. The van der Waals surface area contributed by atoms with Crippen LogP contribution >= 0.6 is 0 Å². The van der Waals surface area contributed by atoms with Gasteiger partial charge in [-0.05, 0) is 12.8 Å². The number of unbranched alkanes of at least 4 members (excludes halogenated alkanes) is 1. The molecular formula is C11H20N2. The molecule has 0 aromatic heterocycles. The van der Waals surface area contributed by atoms with E-state index < -0.39 is 0 Å². The second kappa shape index (κ2) is 3.86. The van der Waals surface area contributed by atoms with Crippen molar-refractivity contribution in [1.29, 1.82) is 0 Å². The molecule has 0 bridgehead atoms. The molecule has 0 amide bonds. The maximum absolute atomic E-state index is 4.05. The van der Waals surface area contributed by atoms with Crippen LogP contribution in [0.25, 0.3) is 0 Å². The highest BCUT2D eigenvalue weighted by Crippen LogP contribution is 2.30. The summed E-state index contributed by atoms with van der Waals surface area (Å²) >= 11 is 0. The quantitative estimate of drug-likeness (QED) is 0.694. The number of hydrogen-bond acceptors (Lipinski definition) is 2. The fraction of sp³-hybridized carbons (Fsp3) is 0.636. The fourth-order valence-electron chi connectivity index (χ4n) is 1.87. The maximum Gasteiger partial charge on any atom is 0.0962 e. The molecule has 1 saturated heterocycles. The van der Waals surface area contributed by atoms with Gasteiger partial charge in [0.25, 0.3) is 0 Å². The van der Waals surface area contributed by atoms with Crippen LogP contribution in [0.5, 0.6) is 0 Å². The van der Waals surface area contributed by atoms with Crippen LogP contribution in [-0.2, 0) is 0 Å². The molecule has 0 aliphatic carbocycles. The molecule has 0 aromatic rings. The first kappa shape index (κ1) is 10.2. The Hall–Kier alpha value is -0.920. The normalized spacial score (nSPS) is 27.2. The molecule has 1 rings (SSSR count). The summed E-state index contributed by atoms with van der Waals surface area (Å²) in [6.07, 6.45) is 4.67. The molecule has 74 valence electrons. The molecule has 2 heteroatoms. The second-order valence-corrected chi connectivity index (χ2v) is 3.75. The third-order valence-corrected chi connectivity index (χ3v) is 2.83. The van der Waals surface area contributed by atoms with E-state index in [2.05, 4.69) is 37.6 Å². The number of hydrogen-bond donors (Lipinski definition) is 2. The van der Waals surface area contributed by atoms with Gasteiger partial charge in [-0.3, -0.25) is 0 Å². The molecule has 2 nitrogen and oxygen atoms in total. The largest absolute Gasteiger partial charge is 0.361 e. The Morgan fingerprint density at radius 1 is 1.31 bits per heavy atom. The minimum absolute atomic E-state index is 0.0626. The van der Waals surface area contributed by atoms with Crippen molar-refractivity contribution in [2.45, 2.75) is 45.1 Å². The van der Waals surface area contributed by atoms with Crippen molar-refractivity contribution in [2.24, 2.45) is 0 Å². The first-order valence-corrected chi connectivity index (χ1v) is 5.08. The smallest absolute Gasteiger partial charge is 0.0962 e. The minimum atomic E-state index is 0.0626. The summed E-state index contributed by atoms with van der Waals surface area (Å²) in [4.78, 5) is 0. The molecule has 1 fully saturated rings. The van der Waals surface area contributed by atoms with Crippen LogP contribution in [-0.4, -0.2) is 5.54 Å². The molecule has 1 aliphatic rings. The standard InChI is InChI=1S/C11H20N2/c1-5-7-8-11(6-2)9(3)12-10(4)13-11/h12-13H,3-8H2,1-2H3. The van der Waals surface area contributed by atoms with E-state index in [0.29, 0.717) is 0 Å². The lowest BCUT2D eigenvalue weighted by atomic mass is 9.88. The van der Waals surface area contributed by atoms with Gasteiger partial charge in [0.2, 0.25) is 0 Å². The van der Waals surface area contributed by atoms with Crippen LogP contribution in [0.1, 0.15) is 39.5 Å². The van der Waals surface area contributed by atoms with E-state index in [0.717, 1.165) is 24.4 Å². The van der Waals surface area contributed by atoms with E-state index in [-0.39, 0.29) is 5.54 Å². The number of rotatable bonds is 4. The lowest BCUT2D eigenvalue weighted by Gasteiger charge is -2.28. The SMILES string of the molecule is C=C1NC(=C)C(CC)(CCCC)N1. The van der Waals surface area contributed by atoms with E-state index in [9.17, 15) is 0 Å². The van der Waals surface area contributed by atoms with Crippen LogP contribution in [0.3, 0.4) is 0 Å². The third-order valence-electron chi connectivity index (χ3n) is 2.83. The van der Waals surface area contributed by atoms with Crippen molar-refractivity contribution in [3.05, 3.63) is 24.7 Å². The van der Waals surface area contributed by atoms with Gasteiger partial charge in [-0.25, -0.2) is 0 Å². The van der Waals surface area contributed by atoms with Crippen LogP contribution in [0, 0.1) is 0 Å². The summed E-state index contributed by atoms with van der Waals surface area (Å²) in [5.41, 5.74) is 1.14. The van der Waals surface area contributed by atoms with E-state index in [4.69, 9.17) is 0 Å². The van der Waals surface area contributed by atoms with Crippen LogP contribution < -0.4 is 10.6 Å². The van der Waals surface area contributed by atoms with Gasteiger partial charge in [0.15, 0.2) is 0 Å². The molecule has 0 spiro atoms. The topological polar surface area (TPSA) is 24.1 Å². The van der Waals surface area contributed by atoms with Crippen LogP contribution in [0.15, 0.2) is 24.7 Å². The lowest BCUT2D eigenvalue weighted by Crippen LogP contribution is -2.39. The van der Waals surface area contributed by atoms with Gasteiger partial charge in [0.05, 0.1) is 11.4 Å². The van der Waals surface area contributed by atoms with Crippen LogP contribution in [0.4, 0.5) is 0 Å². The molecular weight excluding hydrogens is 160 g/mol. The Morgan fingerprint density at radius 3 is 2.38 bits per heavy atom.